The second kappa shape index (κ2) is 10.7. The molecule has 0 atom stereocenters. The van der Waals surface area contributed by atoms with Crippen molar-refractivity contribution in [2.45, 2.75) is 6.92 Å². The third kappa shape index (κ3) is 4.50. The van der Waals surface area contributed by atoms with Crippen molar-refractivity contribution >= 4 is 59.3 Å². The summed E-state index contributed by atoms with van der Waals surface area (Å²) in [6.45, 7) is 2.10. The van der Waals surface area contributed by atoms with Gasteiger partial charge in [-0.2, -0.15) is 0 Å². The summed E-state index contributed by atoms with van der Waals surface area (Å²) in [5.41, 5.74) is 7.96. The third-order valence-corrected chi connectivity index (χ3v) is 9.55. The Balaban J connectivity index is 1.30. The standard InChI is InChI=1S/C41H29NOS/c1-27-17-20-32(21-18-27)42(33-22-23-36-39(26-33)44-38-24-19-29-11-5-6-14-34(29)40(36)38)37-16-8-15-35(41(37)43)31-13-7-12-30(25-31)28-9-3-2-4-10-28/h2-26,43H,1H3. The summed E-state index contributed by atoms with van der Waals surface area (Å²) in [4.78, 5) is 2.17. The fourth-order valence-corrected chi connectivity index (χ4v) is 7.39. The van der Waals surface area contributed by atoms with Gasteiger partial charge in [0.25, 0.3) is 0 Å². The summed E-state index contributed by atoms with van der Waals surface area (Å²) in [6.07, 6.45) is 0. The molecule has 2 nitrogen and oxygen atoms in total. The van der Waals surface area contributed by atoms with Crippen molar-refractivity contribution in [3.05, 3.63) is 157 Å². The number of hydrogen-bond donors (Lipinski definition) is 1. The Kier molecular flexibility index (Phi) is 6.40. The van der Waals surface area contributed by atoms with Gasteiger partial charge in [0.2, 0.25) is 0 Å². The van der Waals surface area contributed by atoms with Crippen molar-refractivity contribution in [3.8, 4) is 28.0 Å². The molecule has 44 heavy (non-hydrogen) atoms. The van der Waals surface area contributed by atoms with Crippen LogP contribution in [0.5, 0.6) is 5.75 Å². The average Bonchev–Trinajstić information content (AvgIpc) is 3.45. The molecule has 0 fully saturated rings. The number of phenolic OH excluding ortho intramolecular Hbond substituents is 1. The Labute approximate surface area is 260 Å². The largest absolute Gasteiger partial charge is 0.505 e. The highest BCUT2D eigenvalue weighted by molar-refractivity contribution is 7.26. The van der Waals surface area contributed by atoms with Crippen molar-refractivity contribution in [2.24, 2.45) is 0 Å². The molecule has 0 aliphatic carbocycles. The number of benzene rings is 7. The molecule has 0 aliphatic rings. The van der Waals surface area contributed by atoms with Gasteiger partial charge in [-0.1, -0.05) is 115 Å². The van der Waals surface area contributed by atoms with Crippen LogP contribution in [0.2, 0.25) is 0 Å². The van der Waals surface area contributed by atoms with E-state index in [1.807, 2.05) is 35.6 Å². The van der Waals surface area contributed by atoms with Gasteiger partial charge in [-0.25, -0.2) is 0 Å². The van der Waals surface area contributed by atoms with Crippen molar-refractivity contribution in [1.29, 1.82) is 0 Å². The lowest BCUT2D eigenvalue weighted by Gasteiger charge is -2.27. The molecule has 0 unspecified atom stereocenters. The van der Waals surface area contributed by atoms with Crippen LogP contribution in [0.3, 0.4) is 0 Å². The second-order valence-electron chi connectivity index (χ2n) is 11.2. The Bertz CT molecular complexity index is 2300. The van der Waals surface area contributed by atoms with Crippen LogP contribution in [0.4, 0.5) is 17.1 Å². The normalized spacial score (nSPS) is 11.4. The second-order valence-corrected chi connectivity index (χ2v) is 12.3. The Morgan fingerprint density at radius 2 is 1.25 bits per heavy atom. The summed E-state index contributed by atoms with van der Waals surface area (Å²) in [6, 6.07) is 53.0. The van der Waals surface area contributed by atoms with Gasteiger partial charge >= 0.3 is 0 Å². The number of aromatic hydroxyl groups is 1. The molecule has 1 aromatic heterocycles. The van der Waals surface area contributed by atoms with Crippen molar-refractivity contribution < 1.29 is 5.11 Å². The Hall–Kier alpha value is -5.38. The number of phenols is 1. The molecular formula is C41H29NOS. The van der Waals surface area contributed by atoms with E-state index in [-0.39, 0.29) is 5.75 Å². The summed E-state index contributed by atoms with van der Waals surface area (Å²) in [5, 5.41) is 17.1. The van der Waals surface area contributed by atoms with Gasteiger partial charge < -0.3 is 10.0 Å². The van der Waals surface area contributed by atoms with E-state index in [0.29, 0.717) is 0 Å². The van der Waals surface area contributed by atoms with Gasteiger partial charge in [-0.3, -0.25) is 0 Å². The fourth-order valence-electron chi connectivity index (χ4n) is 6.24. The van der Waals surface area contributed by atoms with Crippen molar-refractivity contribution in [2.75, 3.05) is 4.90 Å². The van der Waals surface area contributed by atoms with Crippen LogP contribution in [0.15, 0.2) is 152 Å². The molecule has 0 spiro atoms. The molecule has 0 bridgehead atoms. The van der Waals surface area contributed by atoms with E-state index in [4.69, 9.17) is 0 Å². The molecule has 1 heterocycles. The number of hydrogen-bond acceptors (Lipinski definition) is 3. The lowest BCUT2D eigenvalue weighted by molar-refractivity contribution is 0.478. The first-order chi connectivity index (χ1) is 21.6. The Morgan fingerprint density at radius 3 is 2.11 bits per heavy atom. The first-order valence-electron chi connectivity index (χ1n) is 14.8. The van der Waals surface area contributed by atoms with Crippen LogP contribution >= 0.6 is 11.3 Å². The van der Waals surface area contributed by atoms with Crippen LogP contribution < -0.4 is 4.90 Å². The van der Waals surface area contributed by atoms with Crippen LogP contribution in [-0.4, -0.2) is 5.11 Å². The lowest BCUT2D eigenvalue weighted by Crippen LogP contribution is -2.10. The summed E-state index contributed by atoms with van der Waals surface area (Å²) >= 11 is 1.82. The van der Waals surface area contributed by atoms with E-state index >= 15 is 0 Å². The number of anilines is 3. The maximum Gasteiger partial charge on any atom is 0.147 e. The smallest absolute Gasteiger partial charge is 0.147 e. The minimum Gasteiger partial charge on any atom is -0.505 e. The number of rotatable bonds is 5. The van der Waals surface area contributed by atoms with E-state index in [2.05, 4.69) is 139 Å². The minimum absolute atomic E-state index is 0.251. The highest BCUT2D eigenvalue weighted by atomic mass is 32.1. The maximum atomic E-state index is 12.0. The zero-order valence-electron chi connectivity index (χ0n) is 24.2. The van der Waals surface area contributed by atoms with E-state index in [9.17, 15) is 5.11 Å². The maximum absolute atomic E-state index is 12.0. The molecule has 3 heteroatoms. The molecule has 0 saturated heterocycles. The van der Waals surface area contributed by atoms with Crippen LogP contribution in [0.1, 0.15) is 5.56 Å². The van der Waals surface area contributed by atoms with Gasteiger partial charge in [0.15, 0.2) is 0 Å². The third-order valence-electron chi connectivity index (χ3n) is 8.43. The minimum atomic E-state index is 0.251. The van der Waals surface area contributed by atoms with Crippen LogP contribution in [0, 0.1) is 6.92 Å². The zero-order chi connectivity index (χ0) is 29.6. The highest BCUT2D eigenvalue weighted by Gasteiger charge is 2.20. The molecule has 0 amide bonds. The number of nitrogens with zero attached hydrogens (tertiary/aromatic N) is 1. The quantitative estimate of drug-likeness (QED) is 0.218. The van der Waals surface area contributed by atoms with E-state index in [1.54, 1.807) is 0 Å². The first-order valence-corrected chi connectivity index (χ1v) is 15.6. The van der Waals surface area contributed by atoms with Gasteiger partial charge in [0.05, 0.1) is 5.69 Å². The summed E-state index contributed by atoms with van der Waals surface area (Å²) in [7, 11) is 0. The molecule has 1 N–H and O–H groups in total. The van der Waals surface area contributed by atoms with E-state index in [0.717, 1.165) is 39.3 Å². The predicted octanol–water partition coefficient (Wildman–Crippen LogP) is 12.0. The van der Waals surface area contributed by atoms with Gasteiger partial charge in [0, 0.05) is 37.1 Å². The molecule has 210 valence electrons. The molecule has 0 saturated carbocycles. The van der Waals surface area contributed by atoms with Crippen LogP contribution in [-0.2, 0) is 0 Å². The number of fused-ring (bicyclic) bond motifs is 5. The van der Waals surface area contributed by atoms with Crippen LogP contribution in [0.25, 0.3) is 53.2 Å². The number of para-hydroxylation sites is 1. The molecule has 7 aromatic carbocycles. The molecular weight excluding hydrogens is 555 g/mol. The summed E-state index contributed by atoms with van der Waals surface area (Å²) in [5.74, 6) is 0.251. The molecule has 8 rings (SSSR count). The SMILES string of the molecule is Cc1ccc(N(c2ccc3c(c2)sc2ccc4ccccc4c23)c2cccc(-c3cccc(-c4ccccc4)c3)c2O)cc1. The lowest BCUT2D eigenvalue weighted by atomic mass is 9.97. The monoisotopic (exact) mass is 583 g/mol. The fraction of sp³-hybridized carbons (Fsp3) is 0.0244. The highest BCUT2D eigenvalue weighted by Crippen LogP contribution is 2.47. The Morgan fingerprint density at radius 1 is 0.523 bits per heavy atom. The average molecular weight is 584 g/mol. The van der Waals surface area contributed by atoms with E-state index in [1.165, 1.54) is 36.5 Å². The number of thiophene rings is 1. The van der Waals surface area contributed by atoms with Crippen molar-refractivity contribution in [3.63, 3.8) is 0 Å². The first kappa shape index (κ1) is 26.3. The van der Waals surface area contributed by atoms with Gasteiger partial charge in [-0.15, -0.1) is 11.3 Å². The van der Waals surface area contributed by atoms with Gasteiger partial charge in [0.1, 0.15) is 5.75 Å². The topological polar surface area (TPSA) is 23.5 Å². The summed E-state index contributed by atoms with van der Waals surface area (Å²) < 4.78 is 2.50. The number of aryl methyl sites for hydroxylation is 1. The van der Waals surface area contributed by atoms with Crippen molar-refractivity contribution in [1.82, 2.24) is 0 Å². The van der Waals surface area contributed by atoms with E-state index < -0.39 is 0 Å². The zero-order valence-corrected chi connectivity index (χ0v) is 25.1. The molecule has 8 aromatic rings. The molecule has 0 radical (unpaired) electrons. The van der Waals surface area contributed by atoms with Gasteiger partial charge in [-0.05, 0) is 76.9 Å². The molecule has 0 aliphatic heterocycles. The predicted molar refractivity (Wildman–Crippen MR) is 189 cm³/mol.